The number of hydrogen-bond donors (Lipinski definition) is 2. The van der Waals surface area contributed by atoms with Gasteiger partial charge in [0, 0.05) is 37.4 Å². The lowest BCUT2D eigenvalue weighted by Crippen LogP contribution is -2.50. The number of rotatable bonds is 3. The molecule has 0 atom stereocenters. The summed E-state index contributed by atoms with van der Waals surface area (Å²) in [6.45, 7) is 0.476. The maximum absolute atomic E-state index is 12.2. The van der Waals surface area contributed by atoms with E-state index in [4.69, 9.17) is 9.84 Å². The molecule has 1 amide bonds. The highest BCUT2D eigenvalue weighted by Crippen LogP contribution is 2.27. The van der Waals surface area contributed by atoms with Crippen LogP contribution in [0.1, 0.15) is 22.5 Å². The van der Waals surface area contributed by atoms with Crippen LogP contribution in [0, 0.1) is 0 Å². The monoisotopic (exact) mass is 285 g/mol. The first-order valence-electron chi connectivity index (χ1n) is 5.84. The Labute approximate surface area is 114 Å². The van der Waals surface area contributed by atoms with Crippen molar-refractivity contribution in [1.29, 1.82) is 0 Å². The third-order valence-corrected chi connectivity index (χ3v) is 4.19. The van der Waals surface area contributed by atoms with E-state index in [0.29, 0.717) is 10.6 Å². The summed E-state index contributed by atoms with van der Waals surface area (Å²) < 4.78 is 5.02. The van der Waals surface area contributed by atoms with Crippen molar-refractivity contribution in [1.82, 2.24) is 4.90 Å². The van der Waals surface area contributed by atoms with Crippen LogP contribution in [0.3, 0.4) is 0 Å². The number of carbonyl (C=O) groups is 2. The molecule has 1 aromatic rings. The molecular weight excluding hydrogens is 270 g/mol. The zero-order valence-corrected chi connectivity index (χ0v) is 11.3. The van der Waals surface area contributed by atoms with Crippen molar-refractivity contribution in [2.75, 3.05) is 20.2 Å². The molecule has 7 heteroatoms. The summed E-state index contributed by atoms with van der Waals surface area (Å²) in [5.41, 5.74) is -1.70. The number of thiophene rings is 1. The number of amides is 1. The van der Waals surface area contributed by atoms with Gasteiger partial charge in [0.1, 0.15) is 5.75 Å². The van der Waals surface area contributed by atoms with E-state index >= 15 is 0 Å². The van der Waals surface area contributed by atoms with Gasteiger partial charge in [0.15, 0.2) is 5.60 Å². The van der Waals surface area contributed by atoms with Crippen LogP contribution in [-0.4, -0.2) is 52.8 Å². The number of ether oxygens (including phenoxy) is 1. The minimum Gasteiger partial charge on any atom is -0.496 e. The average Bonchev–Trinajstić information content (AvgIpc) is 2.87. The first-order chi connectivity index (χ1) is 8.96. The molecule has 0 unspecified atom stereocenters. The largest absolute Gasteiger partial charge is 0.496 e. The van der Waals surface area contributed by atoms with Crippen molar-refractivity contribution in [3.63, 3.8) is 0 Å². The Bertz CT molecular complexity index is 490. The van der Waals surface area contributed by atoms with Crippen LogP contribution < -0.4 is 4.74 Å². The molecule has 1 aliphatic heterocycles. The molecule has 0 spiro atoms. The summed E-state index contributed by atoms with van der Waals surface area (Å²) in [5, 5.41) is 20.5. The van der Waals surface area contributed by atoms with Crippen molar-refractivity contribution in [3.8, 4) is 5.75 Å². The minimum absolute atomic E-state index is 0.0522. The molecule has 0 aromatic carbocycles. The number of carboxylic acid groups (broad SMARTS) is 1. The van der Waals surface area contributed by atoms with Gasteiger partial charge in [-0.15, -0.1) is 11.3 Å². The lowest BCUT2D eigenvalue weighted by molar-refractivity contribution is -0.162. The van der Waals surface area contributed by atoms with Gasteiger partial charge in [-0.2, -0.15) is 0 Å². The van der Waals surface area contributed by atoms with E-state index < -0.39 is 11.6 Å². The Morgan fingerprint density at radius 1 is 1.42 bits per heavy atom. The van der Waals surface area contributed by atoms with Crippen LogP contribution in [-0.2, 0) is 4.79 Å². The zero-order valence-electron chi connectivity index (χ0n) is 10.5. The van der Waals surface area contributed by atoms with Gasteiger partial charge in [0.2, 0.25) is 0 Å². The number of aliphatic carboxylic acids is 1. The Morgan fingerprint density at radius 3 is 2.53 bits per heavy atom. The van der Waals surface area contributed by atoms with E-state index in [1.54, 1.807) is 16.3 Å². The Balaban J connectivity index is 2.01. The van der Waals surface area contributed by atoms with Gasteiger partial charge in [-0.05, 0) is 0 Å². The van der Waals surface area contributed by atoms with E-state index in [2.05, 4.69) is 0 Å². The number of methoxy groups -OCH3 is 1. The van der Waals surface area contributed by atoms with Gasteiger partial charge in [-0.3, -0.25) is 4.79 Å². The van der Waals surface area contributed by atoms with Crippen LogP contribution in [0.2, 0.25) is 0 Å². The van der Waals surface area contributed by atoms with Gasteiger partial charge in [0.25, 0.3) is 5.91 Å². The third kappa shape index (κ3) is 2.71. The molecular formula is C12H15NO5S. The highest BCUT2D eigenvalue weighted by molar-refractivity contribution is 7.12. The normalized spacial score (nSPS) is 18.1. The van der Waals surface area contributed by atoms with E-state index in [0.717, 1.165) is 0 Å². The summed E-state index contributed by atoms with van der Waals surface area (Å²) in [6, 6.07) is 1.66. The summed E-state index contributed by atoms with van der Waals surface area (Å²) in [5.74, 6) is -0.745. The van der Waals surface area contributed by atoms with E-state index in [1.807, 2.05) is 0 Å². The number of aliphatic hydroxyl groups is 1. The van der Waals surface area contributed by atoms with Gasteiger partial charge >= 0.3 is 5.97 Å². The fourth-order valence-corrected chi connectivity index (χ4v) is 2.81. The van der Waals surface area contributed by atoms with E-state index in [9.17, 15) is 14.7 Å². The topological polar surface area (TPSA) is 87.1 Å². The molecule has 2 rings (SSSR count). The predicted octanol–water partition coefficient (Wildman–Crippen LogP) is 0.808. The van der Waals surface area contributed by atoms with Crippen LogP contribution in [0.15, 0.2) is 11.4 Å². The van der Waals surface area contributed by atoms with Crippen molar-refractivity contribution in [3.05, 3.63) is 16.3 Å². The summed E-state index contributed by atoms with van der Waals surface area (Å²) in [4.78, 5) is 25.2. The molecule has 6 nitrogen and oxygen atoms in total. The van der Waals surface area contributed by atoms with Crippen molar-refractivity contribution >= 4 is 23.2 Å². The average molecular weight is 285 g/mol. The molecule has 0 radical (unpaired) electrons. The SMILES string of the molecule is COc1csc(C(=O)N2CCC(O)(C(=O)O)CC2)c1. The van der Waals surface area contributed by atoms with Crippen LogP contribution in [0.4, 0.5) is 0 Å². The number of likely N-dealkylation sites (tertiary alicyclic amines) is 1. The fraction of sp³-hybridized carbons (Fsp3) is 0.500. The van der Waals surface area contributed by atoms with Crippen molar-refractivity contribution in [2.24, 2.45) is 0 Å². The van der Waals surface area contributed by atoms with Crippen molar-refractivity contribution < 1.29 is 24.5 Å². The maximum atomic E-state index is 12.2. The lowest BCUT2D eigenvalue weighted by atomic mass is 9.91. The van der Waals surface area contributed by atoms with Crippen LogP contribution in [0.5, 0.6) is 5.75 Å². The maximum Gasteiger partial charge on any atom is 0.335 e. The predicted molar refractivity (Wildman–Crippen MR) is 68.6 cm³/mol. The summed E-state index contributed by atoms with van der Waals surface area (Å²) >= 11 is 1.29. The third-order valence-electron chi connectivity index (χ3n) is 3.30. The summed E-state index contributed by atoms with van der Waals surface area (Å²) in [7, 11) is 1.53. The molecule has 0 saturated carbocycles. The van der Waals surface area contributed by atoms with Crippen LogP contribution in [0.25, 0.3) is 0 Å². The number of piperidine rings is 1. The lowest BCUT2D eigenvalue weighted by Gasteiger charge is -2.35. The van der Waals surface area contributed by atoms with E-state index in [1.165, 1.54) is 18.4 Å². The highest BCUT2D eigenvalue weighted by Gasteiger charge is 2.40. The number of nitrogens with zero attached hydrogens (tertiary/aromatic N) is 1. The molecule has 1 fully saturated rings. The van der Waals surface area contributed by atoms with Crippen LogP contribution >= 0.6 is 11.3 Å². The number of carbonyl (C=O) groups excluding carboxylic acids is 1. The molecule has 0 aliphatic carbocycles. The molecule has 2 N–H and O–H groups in total. The molecule has 2 heterocycles. The molecule has 0 bridgehead atoms. The van der Waals surface area contributed by atoms with Crippen molar-refractivity contribution in [2.45, 2.75) is 18.4 Å². The van der Waals surface area contributed by atoms with Gasteiger partial charge in [-0.25, -0.2) is 4.79 Å². The highest BCUT2D eigenvalue weighted by atomic mass is 32.1. The Morgan fingerprint density at radius 2 is 2.05 bits per heavy atom. The molecule has 104 valence electrons. The van der Waals surface area contributed by atoms with Gasteiger partial charge in [-0.1, -0.05) is 0 Å². The first kappa shape index (κ1) is 13.8. The minimum atomic E-state index is -1.70. The molecule has 1 aromatic heterocycles. The van der Waals surface area contributed by atoms with E-state index in [-0.39, 0.29) is 31.8 Å². The number of carboxylic acids is 1. The summed E-state index contributed by atoms with van der Waals surface area (Å²) in [6.07, 6.45) is 0.104. The zero-order chi connectivity index (χ0) is 14.0. The standard InChI is InChI=1S/C12H15NO5S/c1-18-8-6-9(19-7-8)10(14)13-4-2-12(17,3-5-13)11(15)16/h6-7,17H,2-5H2,1H3,(H,15,16). The smallest absolute Gasteiger partial charge is 0.335 e. The second-order valence-electron chi connectivity index (χ2n) is 4.48. The quantitative estimate of drug-likeness (QED) is 0.858. The van der Waals surface area contributed by atoms with Gasteiger partial charge in [0.05, 0.1) is 12.0 Å². The Hall–Kier alpha value is -1.60. The second kappa shape index (κ2) is 5.18. The number of hydrogen-bond acceptors (Lipinski definition) is 5. The van der Waals surface area contributed by atoms with Gasteiger partial charge < -0.3 is 19.8 Å². The molecule has 19 heavy (non-hydrogen) atoms. The second-order valence-corrected chi connectivity index (χ2v) is 5.39. The first-order valence-corrected chi connectivity index (χ1v) is 6.72. The Kier molecular flexibility index (Phi) is 3.77. The molecule has 1 saturated heterocycles. The fourth-order valence-electron chi connectivity index (χ4n) is 1.99. The molecule has 1 aliphatic rings.